The molecule has 0 spiro atoms. The molecule has 1 aromatic carbocycles. The number of nitrogens with zero attached hydrogens (tertiary/aromatic N) is 2. The van der Waals surface area contributed by atoms with Crippen molar-refractivity contribution < 1.29 is 18.7 Å². The molecule has 24 heavy (non-hydrogen) atoms. The molecule has 3 rings (SSSR count). The van der Waals surface area contributed by atoms with Crippen LogP contribution in [0.3, 0.4) is 0 Å². The van der Waals surface area contributed by atoms with Gasteiger partial charge in [-0.25, -0.2) is 14.1 Å². The van der Waals surface area contributed by atoms with Crippen LogP contribution in [0.4, 0.5) is 9.18 Å². The van der Waals surface area contributed by atoms with E-state index in [2.05, 4.69) is 5.32 Å². The van der Waals surface area contributed by atoms with E-state index in [1.807, 2.05) is 18.7 Å². The molecule has 130 valence electrons. The fourth-order valence-electron chi connectivity index (χ4n) is 3.40. The van der Waals surface area contributed by atoms with Crippen molar-refractivity contribution in [2.24, 2.45) is 0 Å². The molecular formula is C17H22FN3O3. The first kappa shape index (κ1) is 16.9. The Bertz CT molecular complexity index is 641. The summed E-state index contributed by atoms with van der Waals surface area (Å²) in [6.45, 7) is 7.13. The summed E-state index contributed by atoms with van der Waals surface area (Å²) >= 11 is 0. The minimum atomic E-state index is -1.17. The molecule has 0 bridgehead atoms. The van der Waals surface area contributed by atoms with Crippen LogP contribution in [0.1, 0.15) is 26.3 Å². The van der Waals surface area contributed by atoms with Crippen LogP contribution in [-0.2, 0) is 15.1 Å². The number of rotatable bonds is 3. The number of ether oxygens (including phenoxy) is 1. The average molecular weight is 335 g/mol. The van der Waals surface area contributed by atoms with Gasteiger partial charge in [0.1, 0.15) is 11.4 Å². The van der Waals surface area contributed by atoms with Crippen molar-refractivity contribution >= 4 is 11.9 Å². The summed E-state index contributed by atoms with van der Waals surface area (Å²) in [4.78, 5) is 28.4. The number of benzene rings is 1. The maximum absolute atomic E-state index is 13.1. The van der Waals surface area contributed by atoms with E-state index in [-0.39, 0.29) is 30.6 Å². The van der Waals surface area contributed by atoms with Crippen LogP contribution in [-0.4, -0.2) is 53.7 Å². The second-order valence-electron chi connectivity index (χ2n) is 6.73. The predicted octanol–water partition coefficient (Wildman–Crippen LogP) is 1.66. The smallest absolute Gasteiger partial charge is 0.326 e. The van der Waals surface area contributed by atoms with E-state index in [1.54, 1.807) is 6.92 Å². The molecule has 2 aliphatic rings. The average Bonchev–Trinajstić information content (AvgIpc) is 2.71. The number of carbonyl (C=O) groups excluding carboxylic acids is 2. The molecule has 1 aromatic rings. The van der Waals surface area contributed by atoms with Gasteiger partial charge in [-0.05, 0) is 38.5 Å². The van der Waals surface area contributed by atoms with Crippen LogP contribution in [0.5, 0.6) is 0 Å². The van der Waals surface area contributed by atoms with Crippen molar-refractivity contribution in [1.82, 2.24) is 15.1 Å². The van der Waals surface area contributed by atoms with Crippen LogP contribution >= 0.6 is 0 Å². The molecule has 0 saturated carbocycles. The molecule has 7 heteroatoms. The SMILES string of the molecule is CC1CN(CN2C(=O)NC(C)(c3ccc(F)cc3)C2=O)CC(C)O1. The second kappa shape index (κ2) is 6.14. The van der Waals surface area contributed by atoms with Crippen molar-refractivity contribution in [3.63, 3.8) is 0 Å². The highest BCUT2D eigenvalue weighted by molar-refractivity contribution is 6.07. The Kier molecular flexibility index (Phi) is 4.31. The Labute approximate surface area is 140 Å². The standard InChI is InChI=1S/C17H22FN3O3/c1-11-8-20(9-12(2)24-11)10-21-15(22)17(3,19-16(21)23)13-4-6-14(18)7-5-13/h4-7,11-12H,8-10H2,1-3H3,(H,19,23). The Morgan fingerprint density at radius 3 is 2.38 bits per heavy atom. The van der Waals surface area contributed by atoms with Gasteiger partial charge in [0.25, 0.3) is 5.91 Å². The van der Waals surface area contributed by atoms with Crippen molar-refractivity contribution in [3.8, 4) is 0 Å². The minimum absolute atomic E-state index is 0.0537. The first-order valence-corrected chi connectivity index (χ1v) is 8.07. The Balaban J connectivity index is 1.77. The van der Waals surface area contributed by atoms with E-state index in [0.717, 1.165) is 0 Å². The third-order valence-corrected chi connectivity index (χ3v) is 4.53. The number of hydrogen-bond acceptors (Lipinski definition) is 4. The van der Waals surface area contributed by atoms with Crippen LogP contribution in [0.2, 0.25) is 0 Å². The highest BCUT2D eigenvalue weighted by atomic mass is 19.1. The summed E-state index contributed by atoms with van der Waals surface area (Å²) in [6.07, 6.45) is 0.107. The van der Waals surface area contributed by atoms with E-state index in [1.165, 1.54) is 29.2 Å². The number of imide groups is 1. The zero-order valence-corrected chi connectivity index (χ0v) is 14.1. The normalized spacial score (nSPS) is 31.4. The quantitative estimate of drug-likeness (QED) is 0.854. The van der Waals surface area contributed by atoms with Gasteiger partial charge in [-0.2, -0.15) is 0 Å². The molecule has 2 aliphatic heterocycles. The number of morpholine rings is 1. The molecule has 2 saturated heterocycles. The van der Waals surface area contributed by atoms with Crippen LogP contribution in [0.25, 0.3) is 0 Å². The van der Waals surface area contributed by atoms with Gasteiger partial charge in [0.05, 0.1) is 18.9 Å². The van der Waals surface area contributed by atoms with Gasteiger partial charge in [0, 0.05) is 13.1 Å². The first-order chi connectivity index (χ1) is 11.3. The van der Waals surface area contributed by atoms with Crippen LogP contribution in [0.15, 0.2) is 24.3 Å². The van der Waals surface area contributed by atoms with Gasteiger partial charge in [-0.15, -0.1) is 0 Å². The van der Waals surface area contributed by atoms with Crippen molar-refractivity contribution in [2.45, 2.75) is 38.5 Å². The topological polar surface area (TPSA) is 61.9 Å². The molecular weight excluding hydrogens is 313 g/mol. The molecule has 2 heterocycles. The van der Waals surface area contributed by atoms with E-state index < -0.39 is 11.6 Å². The Morgan fingerprint density at radius 1 is 1.21 bits per heavy atom. The summed E-state index contributed by atoms with van der Waals surface area (Å²) in [5.41, 5.74) is -0.609. The van der Waals surface area contributed by atoms with Crippen molar-refractivity contribution in [3.05, 3.63) is 35.6 Å². The predicted molar refractivity (Wildman–Crippen MR) is 85.6 cm³/mol. The van der Waals surface area contributed by atoms with E-state index in [9.17, 15) is 14.0 Å². The lowest BCUT2D eigenvalue weighted by molar-refractivity contribution is -0.135. The largest absolute Gasteiger partial charge is 0.373 e. The molecule has 0 radical (unpaired) electrons. The highest BCUT2D eigenvalue weighted by Crippen LogP contribution is 2.29. The maximum Gasteiger partial charge on any atom is 0.326 e. The highest BCUT2D eigenvalue weighted by Gasteiger charge is 2.49. The molecule has 6 nitrogen and oxygen atoms in total. The van der Waals surface area contributed by atoms with Gasteiger partial charge in [0.2, 0.25) is 0 Å². The molecule has 2 fully saturated rings. The zero-order chi connectivity index (χ0) is 17.5. The summed E-state index contributed by atoms with van der Waals surface area (Å²) in [5, 5.41) is 2.73. The molecule has 3 unspecified atom stereocenters. The summed E-state index contributed by atoms with van der Waals surface area (Å²) in [6, 6.07) is 5.19. The van der Waals surface area contributed by atoms with Gasteiger partial charge >= 0.3 is 6.03 Å². The van der Waals surface area contributed by atoms with Crippen LogP contribution < -0.4 is 5.32 Å². The Hall–Kier alpha value is -1.99. The van der Waals surface area contributed by atoms with Crippen LogP contribution in [0, 0.1) is 5.82 Å². The molecule has 0 aliphatic carbocycles. The number of carbonyl (C=O) groups is 2. The van der Waals surface area contributed by atoms with Gasteiger partial charge in [-0.1, -0.05) is 12.1 Å². The second-order valence-corrected chi connectivity index (χ2v) is 6.73. The summed E-state index contributed by atoms with van der Waals surface area (Å²) < 4.78 is 18.8. The summed E-state index contributed by atoms with van der Waals surface area (Å²) in [7, 11) is 0. The minimum Gasteiger partial charge on any atom is -0.373 e. The monoisotopic (exact) mass is 335 g/mol. The molecule has 3 atom stereocenters. The fraction of sp³-hybridized carbons (Fsp3) is 0.529. The van der Waals surface area contributed by atoms with Crippen molar-refractivity contribution in [1.29, 1.82) is 0 Å². The lowest BCUT2D eigenvalue weighted by atomic mass is 9.92. The number of hydrogen-bond donors (Lipinski definition) is 1. The van der Waals surface area contributed by atoms with Gasteiger partial charge in [0.15, 0.2) is 0 Å². The zero-order valence-electron chi connectivity index (χ0n) is 14.1. The first-order valence-electron chi connectivity index (χ1n) is 8.07. The van der Waals surface area contributed by atoms with E-state index in [4.69, 9.17) is 4.74 Å². The summed E-state index contributed by atoms with van der Waals surface area (Å²) in [5.74, 6) is -0.710. The third-order valence-electron chi connectivity index (χ3n) is 4.53. The van der Waals surface area contributed by atoms with E-state index in [0.29, 0.717) is 18.7 Å². The molecule has 1 N–H and O–H groups in total. The maximum atomic E-state index is 13.1. The van der Waals surface area contributed by atoms with E-state index >= 15 is 0 Å². The lowest BCUT2D eigenvalue weighted by Gasteiger charge is -2.36. The number of amides is 3. The van der Waals surface area contributed by atoms with Crippen molar-refractivity contribution in [2.75, 3.05) is 19.8 Å². The molecule has 3 amide bonds. The number of halogens is 1. The lowest BCUT2D eigenvalue weighted by Crippen LogP contribution is -2.51. The van der Waals surface area contributed by atoms with Gasteiger partial charge in [-0.3, -0.25) is 9.69 Å². The third kappa shape index (κ3) is 3.01. The Morgan fingerprint density at radius 2 is 1.79 bits per heavy atom. The number of nitrogens with one attached hydrogen (secondary N) is 1. The molecule has 0 aromatic heterocycles. The number of urea groups is 1. The van der Waals surface area contributed by atoms with Gasteiger partial charge < -0.3 is 10.1 Å². The fourth-order valence-corrected chi connectivity index (χ4v) is 3.40.